The Hall–Kier alpha value is -1.20. The number of hydrogen-bond donors (Lipinski definition) is 1. The van der Waals surface area contributed by atoms with Crippen LogP contribution in [0, 0.1) is 6.92 Å². The van der Waals surface area contributed by atoms with Gasteiger partial charge in [-0.2, -0.15) is 0 Å². The standard InChI is InChI=1S/C13H17BrN4/c1-4-15-9(2)13-10(3)18(17-16-13)12-8-6-5-7-11(12)14/h5-9,15H,4H2,1-3H3. The number of halogens is 1. The summed E-state index contributed by atoms with van der Waals surface area (Å²) in [6, 6.07) is 8.22. The zero-order valence-electron chi connectivity index (χ0n) is 10.8. The van der Waals surface area contributed by atoms with Gasteiger partial charge in [0.15, 0.2) is 0 Å². The molecule has 0 spiro atoms. The van der Waals surface area contributed by atoms with Crippen LogP contribution >= 0.6 is 15.9 Å². The first-order chi connectivity index (χ1) is 8.65. The molecule has 2 aromatic rings. The second kappa shape index (κ2) is 5.63. The predicted molar refractivity (Wildman–Crippen MR) is 75.9 cm³/mol. The third kappa shape index (κ3) is 2.47. The number of para-hydroxylation sites is 1. The van der Waals surface area contributed by atoms with Gasteiger partial charge in [0.05, 0.1) is 17.4 Å². The van der Waals surface area contributed by atoms with Crippen molar-refractivity contribution in [2.75, 3.05) is 6.54 Å². The lowest BCUT2D eigenvalue weighted by molar-refractivity contribution is 0.579. The first-order valence-electron chi connectivity index (χ1n) is 6.05. The van der Waals surface area contributed by atoms with Crippen LogP contribution in [0.2, 0.25) is 0 Å². The van der Waals surface area contributed by atoms with Gasteiger partial charge in [0, 0.05) is 4.47 Å². The van der Waals surface area contributed by atoms with Gasteiger partial charge in [-0.15, -0.1) is 5.10 Å². The molecule has 1 N–H and O–H groups in total. The Kier molecular flexibility index (Phi) is 4.14. The van der Waals surface area contributed by atoms with Crippen LogP contribution in [0.15, 0.2) is 28.7 Å². The molecule has 1 heterocycles. The molecule has 0 radical (unpaired) electrons. The zero-order valence-corrected chi connectivity index (χ0v) is 12.4. The Morgan fingerprint density at radius 3 is 2.78 bits per heavy atom. The monoisotopic (exact) mass is 308 g/mol. The lowest BCUT2D eigenvalue weighted by Crippen LogP contribution is -2.19. The molecule has 1 atom stereocenters. The number of nitrogens with one attached hydrogen (secondary N) is 1. The first kappa shape index (κ1) is 13.2. The van der Waals surface area contributed by atoms with Crippen LogP contribution in [0.5, 0.6) is 0 Å². The van der Waals surface area contributed by atoms with Gasteiger partial charge in [0.1, 0.15) is 5.69 Å². The Morgan fingerprint density at radius 1 is 1.39 bits per heavy atom. The van der Waals surface area contributed by atoms with Crippen LogP contribution in [0.3, 0.4) is 0 Å². The number of hydrogen-bond acceptors (Lipinski definition) is 3. The van der Waals surface area contributed by atoms with Crippen molar-refractivity contribution in [3.63, 3.8) is 0 Å². The fourth-order valence-electron chi connectivity index (χ4n) is 2.00. The van der Waals surface area contributed by atoms with Crippen molar-refractivity contribution in [2.45, 2.75) is 26.8 Å². The third-order valence-electron chi connectivity index (χ3n) is 2.93. The molecule has 96 valence electrons. The van der Waals surface area contributed by atoms with E-state index in [4.69, 9.17) is 0 Å². The molecule has 0 aliphatic carbocycles. The van der Waals surface area contributed by atoms with Crippen molar-refractivity contribution in [1.82, 2.24) is 20.3 Å². The number of aromatic nitrogens is 3. The van der Waals surface area contributed by atoms with Gasteiger partial charge in [-0.25, -0.2) is 4.68 Å². The van der Waals surface area contributed by atoms with Crippen LogP contribution in [-0.2, 0) is 0 Å². The lowest BCUT2D eigenvalue weighted by atomic mass is 10.2. The molecule has 0 saturated heterocycles. The number of benzene rings is 1. The lowest BCUT2D eigenvalue weighted by Gasteiger charge is -2.10. The molecule has 1 aromatic carbocycles. The number of nitrogens with zero attached hydrogens (tertiary/aromatic N) is 3. The largest absolute Gasteiger partial charge is 0.309 e. The second-order valence-electron chi connectivity index (χ2n) is 4.20. The highest BCUT2D eigenvalue weighted by Crippen LogP contribution is 2.23. The average molecular weight is 309 g/mol. The van der Waals surface area contributed by atoms with E-state index in [1.807, 2.05) is 35.9 Å². The predicted octanol–water partition coefficient (Wildman–Crippen LogP) is 3.01. The van der Waals surface area contributed by atoms with Crippen LogP contribution in [0.1, 0.15) is 31.3 Å². The van der Waals surface area contributed by atoms with Crippen molar-refractivity contribution < 1.29 is 0 Å². The maximum absolute atomic E-state index is 4.28. The van der Waals surface area contributed by atoms with Gasteiger partial charge in [0.25, 0.3) is 0 Å². The van der Waals surface area contributed by atoms with Crippen LogP contribution in [-0.4, -0.2) is 21.5 Å². The highest BCUT2D eigenvalue weighted by atomic mass is 79.9. The second-order valence-corrected chi connectivity index (χ2v) is 5.06. The third-order valence-corrected chi connectivity index (χ3v) is 3.60. The molecule has 2 rings (SSSR count). The highest BCUT2D eigenvalue weighted by Gasteiger charge is 2.16. The summed E-state index contributed by atoms with van der Waals surface area (Å²) < 4.78 is 2.88. The van der Waals surface area contributed by atoms with Crippen molar-refractivity contribution >= 4 is 15.9 Å². The highest BCUT2D eigenvalue weighted by molar-refractivity contribution is 9.10. The van der Waals surface area contributed by atoms with E-state index in [2.05, 4.69) is 45.4 Å². The first-order valence-corrected chi connectivity index (χ1v) is 6.85. The summed E-state index contributed by atoms with van der Waals surface area (Å²) in [7, 11) is 0. The van der Waals surface area contributed by atoms with Gasteiger partial charge < -0.3 is 5.32 Å². The summed E-state index contributed by atoms with van der Waals surface area (Å²) in [6.45, 7) is 7.15. The molecule has 1 aromatic heterocycles. The summed E-state index contributed by atoms with van der Waals surface area (Å²) >= 11 is 3.54. The molecular weight excluding hydrogens is 292 g/mol. The van der Waals surface area contributed by atoms with E-state index in [9.17, 15) is 0 Å². The van der Waals surface area contributed by atoms with Crippen LogP contribution in [0.25, 0.3) is 5.69 Å². The Balaban J connectivity index is 2.40. The Labute approximate surface area is 116 Å². The smallest absolute Gasteiger partial charge is 0.103 e. The van der Waals surface area contributed by atoms with Crippen molar-refractivity contribution in [2.24, 2.45) is 0 Å². The summed E-state index contributed by atoms with van der Waals surface area (Å²) in [5.74, 6) is 0. The minimum Gasteiger partial charge on any atom is -0.309 e. The molecule has 0 amide bonds. The van der Waals surface area contributed by atoms with Gasteiger partial charge in [-0.3, -0.25) is 0 Å². The van der Waals surface area contributed by atoms with E-state index in [-0.39, 0.29) is 6.04 Å². The van der Waals surface area contributed by atoms with Gasteiger partial charge in [0.2, 0.25) is 0 Å². The topological polar surface area (TPSA) is 42.7 Å². The molecule has 0 aliphatic heterocycles. The SMILES string of the molecule is CCNC(C)c1nnn(-c2ccccc2Br)c1C. The minimum absolute atomic E-state index is 0.214. The summed E-state index contributed by atoms with van der Waals surface area (Å²) in [5.41, 5.74) is 3.07. The maximum Gasteiger partial charge on any atom is 0.103 e. The average Bonchev–Trinajstić information content (AvgIpc) is 2.72. The molecule has 18 heavy (non-hydrogen) atoms. The van der Waals surface area contributed by atoms with Crippen molar-refractivity contribution in [3.8, 4) is 5.69 Å². The van der Waals surface area contributed by atoms with Crippen LogP contribution in [0.4, 0.5) is 0 Å². The summed E-state index contributed by atoms with van der Waals surface area (Å²) in [4.78, 5) is 0. The molecule has 0 fully saturated rings. The summed E-state index contributed by atoms with van der Waals surface area (Å²) in [5, 5.41) is 11.9. The number of rotatable bonds is 4. The molecule has 0 saturated carbocycles. The Morgan fingerprint density at radius 2 is 2.11 bits per heavy atom. The fourth-order valence-corrected chi connectivity index (χ4v) is 2.45. The van der Waals surface area contributed by atoms with Crippen LogP contribution < -0.4 is 5.32 Å². The van der Waals surface area contributed by atoms with Gasteiger partial charge in [-0.05, 0) is 48.5 Å². The molecule has 5 heteroatoms. The molecule has 0 bridgehead atoms. The maximum atomic E-state index is 4.28. The fraction of sp³-hybridized carbons (Fsp3) is 0.385. The Bertz CT molecular complexity index is 536. The van der Waals surface area contributed by atoms with E-state index in [1.54, 1.807) is 0 Å². The quantitative estimate of drug-likeness (QED) is 0.944. The minimum atomic E-state index is 0.214. The summed E-state index contributed by atoms with van der Waals surface area (Å²) in [6.07, 6.45) is 0. The molecule has 1 unspecified atom stereocenters. The van der Waals surface area contributed by atoms with E-state index in [0.717, 1.165) is 28.1 Å². The van der Waals surface area contributed by atoms with Crippen molar-refractivity contribution in [3.05, 3.63) is 40.1 Å². The molecule has 4 nitrogen and oxygen atoms in total. The normalized spacial score (nSPS) is 12.7. The van der Waals surface area contributed by atoms with Crippen molar-refractivity contribution in [1.29, 1.82) is 0 Å². The molecule has 0 aliphatic rings. The van der Waals surface area contributed by atoms with E-state index in [1.165, 1.54) is 0 Å². The van der Waals surface area contributed by atoms with Gasteiger partial charge in [-0.1, -0.05) is 24.3 Å². The van der Waals surface area contributed by atoms with E-state index >= 15 is 0 Å². The van der Waals surface area contributed by atoms with E-state index < -0.39 is 0 Å². The van der Waals surface area contributed by atoms with Gasteiger partial charge >= 0.3 is 0 Å². The zero-order chi connectivity index (χ0) is 13.1. The van der Waals surface area contributed by atoms with E-state index in [0.29, 0.717) is 0 Å². The molecular formula is C13H17BrN4.